The molecule has 0 aliphatic carbocycles. The summed E-state index contributed by atoms with van der Waals surface area (Å²) in [4.78, 5) is 5.99. The zero-order chi connectivity index (χ0) is 8.85. The molecule has 0 radical (unpaired) electrons. The second-order valence-electron chi connectivity index (χ2n) is 3.14. The van der Waals surface area contributed by atoms with Crippen molar-refractivity contribution in [3.63, 3.8) is 0 Å². The monoisotopic (exact) mass is 155 g/mol. The van der Waals surface area contributed by atoms with Crippen molar-refractivity contribution >= 4 is 6.01 Å². The molecular formula is C8H17N3. The van der Waals surface area contributed by atoms with Crippen LogP contribution in [0.25, 0.3) is 0 Å². The van der Waals surface area contributed by atoms with Crippen LogP contribution in [0.5, 0.6) is 0 Å². The van der Waals surface area contributed by atoms with Crippen LogP contribution >= 0.6 is 0 Å². The predicted octanol–water partition coefficient (Wildman–Crippen LogP) is 1.47. The standard InChI is InChI=1S/C8H17N3/c1-7(10-6-9)5-8(2)11(3)4/h7-9H,5H2,1-4H3. The Balaban J connectivity index is 3.74. The molecule has 64 valence electrons. The van der Waals surface area contributed by atoms with Gasteiger partial charge < -0.3 is 4.90 Å². The first-order valence-corrected chi connectivity index (χ1v) is 3.86. The highest BCUT2D eigenvalue weighted by Crippen LogP contribution is 2.04. The number of rotatable bonds is 4. The number of nitrogens with zero attached hydrogens (tertiary/aromatic N) is 2. The van der Waals surface area contributed by atoms with Crippen LogP contribution in [-0.4, -0.2) is 37.1 Å². The van der Waals surface area contributed by atoms with E-state index in [2.05, 4.69) is 22.8 Å². The molecule has 0 fully saturated rings. The molecule has 0 heterocycles. The van der Waals surface area contributed by atoms with E-state index in [1.807, 2.05) is 21.0 Å². The summed E-state index contributed by atoms with van der Waals surface area (Å²) in [6.07, 6.45) is 0.985. The van der Waals surface area contributed by atoms with Crippen molar-refractivity contribution in [2.45, 2.75) is 32.4 Å². The lowest BCUT2D eigenvalue weighted by Crippen LogP contribution is -2.27. The quantitative estimate of drug-likeness (QED) is 0.613. The van der Waals surface area contributed by atoms with Gasteiger partial charge in [0, 0.05) is 6.04 Å². The van der Waals surface area contributed by atoms with Gasteiger partial charge in [-0.05, 0) is 34.4 Å². The Hall–Kier alpha value is -0.660. The Bertz CT molecular complexity index is 147. The minimum Gasteiger partial charge on any atom is -0.307 e. The van der Waals surface area contributed by atoms with Gasteiger partial charge in [0.2, 0.25) is 0 Å². The lowest BCUT2D eigenvalue weighted by molar-refractivity contribution is 0.287. The molecule has 0 spiro atoms. The molecule has 0 aromatic heterocycles. The molecule has 3 nitrogen and oxygen atoms in total. The summed E-state index contributed by atoms with van der Waals surface area (Å²) in [6.45, 7) is 4.15. The number of aliphatic imine (C=N–C) groups is 1. The maximum Gasteiger partial charge on any atom is 0.0864 e. The molecule has 3 heteroatoms. The SMILES string of the molecule is CC(CC(C)N(C)C)N=C=N. The van der Waals surface area contributed by atoms with Gasteiger partial charge in [0.05, 0.1) is 12.1 Å². The fraction of sp³-hybridized carbons (Fsp3) is 0.875. The summed E-state index contributed by atoms with van der Waals surface area (Å²) in [6, 6.07) is 2.80. The molecule has 0 aromatic carbocycles. The van der Waals surface area contributed by atoms with Gasteiger partial charge in [-0.15, -0.1) is 0 Å². The van der Waals surface area contributed by atoms with Crippen molar-refractivity contribution in [1.82, 2.24) is 4.90 Å². The summed E-state index contributed by atoms with van der Waals surface area (Å²) < 4.78 is 0. The van der Waals surface area contributed by atoms with Gasteiger partial charge in [0.1, 0.15) is 0 Å². The third-order valence-corrected chi connectivity index (χ3v) is 1.85. The van der Waals surface area contributed by atoms with Crippen LogP contribution in [0, 0.1) is 5.41 Å². The average Bonchev–Trinajstić information content (AvgIpc) is 1.87. The molecular weight excluding hydrogens is 138 g/mol. The van der Waals surface area contributed by atoms with Crippen molar-refractivity contribution < 1.29 is 0 Å². The molecule has 0 saturated carbocycles. The highest BCUT2D eigenvalue weighted by atomic mass is 15.1. The smallest absolute Gasteiger partial charge is 0.0864 e. The van der Waals surface area contributed by atoms with Crippen LogP contribution < -0.4 is 0 Å². The van der Waals surface area contributed by atoms with Gasteiger partial charge in [0.25, 0.3) is 0 Å². The Morgan fingerprint density at radius 3 is 2.36 bits per heavy atom. The molecule has 2 atom stereocenters. The molecule has 11 heavy (non-hydrogen) atoms. The molecule has 0 aromatic rings. The Labute approximate surface area is 68.6 Å². The predicted molar refractivity (Wildman–Crippen MR) is 47.4 cm³/mol. The van der Waals surface area contributed by atoms with E-state index in [1.54, 1.807) is 0 Å². The molecule has 0 rings (SSSR count). The fourth-order valence-corrected chi connectivity index (χ4v) is 0.867. The first-order chi connectivity index (χ1) is 5.07. The van der Waals surface area contributed by atoms with Crippen LogP contribution in [0.3, 0.4) is 0 Å². The third-order valence-electron chi connectivity index (χ3n) is 1.85. The summed E-state index contributed by atoms with van der Waals surface area (Å²) >= 11 is 0. The molecule has 0 aliphatic heterocycles. The van der Waals surface area contributed by atoms with E-state index in [4.69, 9.17) is 5.41 Å². The summed E-state index contributed by atoms with van der Waals surface area (Å²) in [5, 5.41) is 6.65. The zero-order valence-electron chi connectivity index (χ0n) is 7.76. The average molecular weight is 155 g/mol. The van der Waals surface area contributed by atoms with E-state index in [1.165, 1.54) is 0 Å². The number of nitrogens with one attached hydrogen (secondary N) is 1. The highest BCUT2D eigenvalue weighted by Gasteiger charge is 2.08. The lowest BCUT2D eigenvalue weighted by Gasteiger charge is -2.20. The van der Waals surface area contributed by atoms with E-state index in [9.17, 15) is 0 Å². The molecule has 0 amide bonds. The zero-order valence-corrected chi connectivity index (χ0v) is 7.76. The van der Waals surface area contributed by atoms with E-state index >= 15 is 0 Å². The Morgan fingerprint density at radius 1 is 1.45 bits per heavy atom. The number of hydrogen-bond donors (Lipinski definition) is 1. The van der Waals surface area contributed by atoms with Gasteiger partial charge in [-0.2, -0.15) is 0 Å². The topological polar surface area (TPSA) is 39.5 Å². The van der Waals surface area contributed by atoms with Crippen LogP contribution in [-0.2, 0) is 0 Å². The van der Waals surface area contributed by atoms with Gasteiger partial charge in [0.15, 0.2) is 0 Å². The minimum atomic E-state index is 0.213. The van der Waals surface area contributed by atoms with Gasteiger partial charge in [-0.25, -0.2) is 10.4 Å². The van der Waals surface area contributed by atoms with Crippen LogP contribution in [0.1, 0.15) is 20.3 Å². The van der Waals surface area contributed by atoms with Crippen molar-refractivity contribution in [1.29, 1.82) is 5.41 Å². The molecule has 1 N–H and O–H groups in total. The summed E-state index contributed by atoms with van der Waals surface area (Å²) in [5.41, 5.74) is 0. The van der Waals surface area contributed by atoms with Gasteiger partial charge in [-0.3, -0.25) is 0 Å². The second-order valence-corrected chi connectivity index (χ2v) is 3.14. The lowest BCUT2D eigenvalue weighted by atomic mass is 10.1. The van der Waals surface area contributed by atoms with E-state index in [-0.39, 0.29) is 6.04 Å². The van der Waals surface area contributed by atoms with Crippen LogP contribution in [0.2, 0.25) is 0 Å². The molecule has 0 aliphatic rings. The molecule has 0 bridgehead atoms. The second kappa shape index (κ2) is 5.05. The van der Waals surface area contributed by atoms with E-state index in [0.717, 1.165) is 6.42 Å². The van der Waals surface area contributed by atoms with Gasteiger partial charge in [-0.1, -0.05) is 0 Å². The third kappa shape index (κ3) is 4.71. The summed E-state index contributed by atoms with van der Waals surface area (Å²) in [5.74, 6) is 0. The van der Waals surface area contributed by atoms with Crippen molar-refractivity contribution in [3.8, 4) is 0 Å². The first-order valence-electron chi connectivity index (χ1n) is 3.86. The maximum absolute atomic E-state index is 6.65. The summed E-state index contributed by atoms with van der Waals surface area (Å²) in [7, 11) is 4.09. The maximum atomic E-state index is 6.65. The molecule has 2 unspecified atom stereocenters. The van der Waals surface area contributed by atoms with Gasteiger partial charge >= 0.3 is 0 Å². The fourth-order valence-electron chi connectivity index (χ4n) is 0.867. The molecule has 0 saturated heterocycles. The van der Waals surface area contributed by atoms with E-state index in [0.29, 0.717) is 6.04 Å². The van der Waals surface area contributed by atoms with Crippen molar-refractivity contribution in [3.05, 3.63) is 0 Å². The Morgan fingerprint density at radius 2 is 2.00 bits per heavy atom. The van der Waals surface area contributed by atoms with Crippen molar-refractivity contribution in [2.75, 3.05) is 14.1 Å². The Kier molecular flexibility index (Phi) is 4.75. The largest absolute Gasteiger partial charge is 0.307 e. The van der Waals surface area contributed by atoms with Crippen LogP contribution in [0.4, 0.5) is 0 Å². The minimum absolute atomic E-state index is 0.213. The van der Waals surface area contributed by atoms with Crippen LogP contribution in [0.15, 0.2) is 4.99 Å². The number of hydrogen-bond acceptors (Lipinski definition) is 3. The van der Waals surface area contributed by atoms with Crippen molar-refractivity contribution in [2.24, 2.45) is 4.99 Å². The first kappa shape index (κ1) is 10.3. The highest BCUT2D eigenvalue weighted by molar-refractivity contribution is 5.36. The van der Waals surface area contributed by atoms with E-state index < -0.39 is 0 Å². The normalized spacial score (nSPS) is 15.7.